The third-order valence-corrected chi connectivity index (χ3v) is 3.78. The quantitative estimate of drug-likeness (QED) is 0.487. The van der Waals surface area contributed by atoms with Crippen molar-refractivity contribution in [1.82, 2.24) is 0 Å². The predicted octanol–water partition coefficient (Wildman–Crippen LogP) is 0.496. The molecule has 1 unspecified atom stereocenters. The molecule has 0 saturated carbocycles. The Hall–Kier alpha value is 0.110. The number of hydrogen-bond donors (Lipinski definition) is 0. The van der Waals surface area contributed by atoms with E-state index >= 15 is 0 Å². The number of rotatable bonds is 0. The molecule has 1 atom stereocenters. The van der Waals surface area contributed by atoms with Gasteiger partial charge in [-0.15, -0.1) is 0 Å². The summed E-state index contributed by atoms with van der Waals surface area (Å²) in [4.78, 5) is 0. The molecule has 1 radical (unpaired) electrons. The average molecular weight is 147 g/mol. The van der Waals surface area contributed by atoms with Crippen molar-refractivity contribution in [1.29, 1.82) is 0 Å². The van der Waals surface area contributed by atoms with Crippen molar-refractivity contribution in [3.8, 4) is 0 Å². The second kappa shape index (κ2) is 3.20. The molecule has 45 valence electrons. The summed E-state index contributed by atoms with van der Waals surface area (Å²) in [6, 6.07) is 0. The highest BCUT2D eigenvalue weighted by atomic mass is 32.8. The highest BCUT2D eigenvalue weighted by Crippen LogP contribution is 1.97. The summed E-state index contributed by atoms with van der Waals surface area (Å²) >= 11 is 0. The Morgan fingerprint density at radius 2 is 2.62 bits per heavy atom. The molecule has 0 aromatic carbocycles. The molecule has 8 heavy (non-hydrogen) atoms. The standard InChI is InChI=1S/C5H7OS2/c6-7-8-4-2-1-3-5-8/h1H,2,4-5H2. The van der Waals surface area contributed by atoms with Gasteiger partial charge >= 0.3 is 0 Å². The molecule has 1 aliphatic rings. The van der Waals surface area contributed by atoms with Gasteiger partial charge in [0.25, 0.3) is 0 Å². The maximum Gasteiger partial charge on any atom is 0.120 e. The van der Waals surface area contributed by atoms with E-state index in [1.165, 1.54) is 0 Å². The minimum Gasteiger partial charge on any atom is -0.205 e. The Morgan fingerprint density at radius 1 is 1.75 bits per heavy atom. The maximum atomic E-state index is 10.2. The van der Waals surface area contributed by atoms with E-state index in [9.17, 15) is 4.21 Å². The molecule has 3 heteroatoms. The van der Waals surface area contributed by atoms with Crippen LogP contribution in [0.3, 0.4) is 0 Å². The Morgan fingerprint density at radius 3 is 3.00 bits per heavy atom. The lowest BCUT2D eigenvalue weighted by molar-refractivity contribution is 0.701. The van der Waals surface area contributed by atoms with Gasteiger partial charge in [-0.25, -0.2) is 4.21 Å². The Labute approximate surface area is 54.5 Å². The van der Waals surface area contributed by atoms with Gasteiger partial charge in [0.05, 0.1) is 0 Å². The van der Waals surface area contributed by atoms with E-state index in [2.05, 4.69) is 6.08 Å². The predicted molar refractivity (Wildman–Crippen MR) is 37.7 cm³/mol. The second-order valence-electron chi connectivity index (χ2n) is 1.55. The molecule has 0 bridgehead atoms. The van der Waals surface area contributed by atoms with E-state index in [0.717, 1.165) is 28.2 Å². The minimum atomic E-state index is 0.0671. The molecule has 0 aromatic heterocycles. The van der Waals surface area contributed by atoms with Crippen LogP contribution in [0.15, 0.2) is 6.08 Å². The van der Waals surface area contributed by atoms with Crippen molar-refractivity contribution in [2.45, 2.75) is 6.42 Å². The highest BCUT2D eigenvalue weighted by molar-refractivity contribution is 8.31. The van der Waals surface area contributed by atoms with Crippen molar-refractivity contribution < 1.29 is 4.21 Å². The SMILES string of the molecule is O=S=S1C[C]=CCC1. The van der Waals surface area contributed by atoms with Crippen LogP contribution in [0.2, 0.25) is 0 Å². The molecular weight excluding hydrogens is 140 g/mol. The first-order valence-corrected chi connectivity index (χ1v) is 5.28. The topological polar surface area (TPSA) is 17.1 Å². The van der Waals surface area contributed by atoms with Gasteiger partial charge in [-0.1, -0.05) is 15.5 Å². The molecule has 1 nitrogen and oxygen atoms in total. The van der Waals surface area contributed by atoms with Crippen molar-refractivity contribution in [3.63, 3.8) is 0 Å². The molecule has 0 spiro atoms. The van der Waals surface area contributed by atoms with E-state index in [0.29, 0.717) is 0 Å². The third-order valence-electron chi connectivity index (χ3n) is 0.975. The smallest absolute Gasteiger partial charge is 0.120 e. The first-order valence-electron chi connectivity index (χ1n) is 2.46. The lowest BCUT2D eigenvalue weighted by atomic mass is 10.4. The lowest BCUT2D eigenvalue weighted by Gasteiger charge is -2.01. The lowest BCUT2D eigenvalue weighted by Crippen LogP contribution is -2.03. The Balaban J connectivity index is 2.63. The summed E-state index contributed by atoms with van der Waals surface area (Å²) in [7, 11) is 0.808. The minimum absolute atomic E-state index is 0.0671. The van der Waals surface area contributed by atoms with Crippen LogP contribution < -0.4 is 0 Å². The van der Waals surface area contributed by atoms with Gasteiger partial charge in [-0.3, -0.25) is 0 Å². The normalized spacial score (nSPS) is 27.8. The van der Waals surface area contributed by atoms with Gasteiger partial charge in [-0.05, 0) is 12.5 Å². The largest absolute Gasteiger partial charge is 0.205 e. The molecule has 0 aliphatic carbocycles. The molecule has 1 rings (SSSR count). The Kier molecular flexibility index (Phi) is 2.49. The summed E-state index contributed by atoms with van der Waals surface area (Å²) < 4.78 is 10.2. The van der Waals surface area contributed by atoms with Crippen LogP contribution in [0, 0.1) is 6.08 Å². The van der Waals surface area contributed by atoms with E-state index < -0.39 is 0 Å². The number of hydrogen-bond acceptors (Lipinski definition) is 1. The molecule has 0 fully saturated rings. The zero-order valence-corrected chi connectivity index (χ0v) is 6.06. The second-order valence-corrected chi connectivity index (χ2v) is 5.09. The first-order chi connectivity index (χ1) is 3.93. The van der Waals surface area contributed by atoms with Gasteiger partial charge in [0.1, 0.15) is 10.2 Å². The van der Waals surface area contributed by atoms with E-state index in [4.69, 9.17) is 0 Å². The van der Waals surface area contributed by atoms with Gasteiger partial charge in [-0.2, -0.15) is 0 Å². The van der Waals surface area contributed by atoms with Crippen molar-refractivity contribution in [2.75, 3.05) is 11.5 Å². The van der Waals surface area contributed by atoms with Crippen LogP contribution in [0.5, 0.6) is 0 Å². The van der Waals surface area contributed by atoms with Gasteiger partial charge in [0.2, 0.25) is 0 Å². The fraction of sp³-hybridized carbons (Fsp3) is 0.600. The summed E-state index contributed by atoms with van der Waals surface area (Å²) in [5.74, 6) is 1.95. The van der Waals surface area contributed by atoms with Gasteiger partial charge in [0.15, 0.2) is 0 Å². The number of allylic oxidation sites excluding steroid dienone is 1. The van der Waals surface area contributed by atoms with Crippen LogP contribution in [0.4, 0.5) is 0 Å². The molecule has 0 N–H and O–H groups in total. The Bertz CT molecular complexity index is 156. The highest BCUT2D eigenvalue weighted by Gasteiger charge is 1.96. The van der Waals surface area contributed by atoms with Crippen LogP contribution in [-0.2, 0) is 19.7 Å². The van der Waals surface area contributed by atoms with Gasteiger partial charge in [0, 0.05) is 11.5 Å². The molecule has 0 aromatic rings. The van der Waals surface area contributed by atoms with Crippen LogP contribution >= 0.6 is 0 Å². The van der Waals surface area contributed by atoms with Crippen LogP contribution in [-0.4, -0.2) is 15.7 Å². The third kappa shape index (κ3) is 1.56. The molecule has 1 heterocycles. The zero-order chi connectivity index (χ0) is 5.82. The summed E-state index contributed by atoms with van der Waals surface area (Å²) in [5, 5.41) is 0. The molecule has 1 aliphatic heterocycles. The zero-order valence-electron chi connectivity index (χ0n) is 4.42. The molecular formula is C5H7OS2. The first kappa shape index (κ1) is 6.23. The average Bonchev–Trinajstić information content (AvgIpc) is 1.90. The van der Waals surface area contributed by atoms with Crippen LogP contribution in [0.1, 0.15) is 6.42 Å². The van der Waals surface area contributed by atoms with Gasteiger partial charge < -0.3 is 0 Å². The summed E-state index contributed by atoms with van der Waals surface area (Å²) in [6.45, 7) is 0. The molecule has 0 saturated heterocycles. The van der Waals surface area contributed by atoms with E-state index in [-0.39, 0.29) is 9.45 Å². The van der Waals surface area contributed by atoms with Crippen LogP contribution in [0.25, 0.3) is 0 Å². The fourth-order valence-corrected chi connectivity index (χ4v) is 2.36. The van der Waals surface area contributed by atoms with Crippen molar-refractivity contribution in [3.05, 3.63) is 12.2 Å². The van der Waals surface area contributed by atoms with E-state index in [1.54, 1.807) is 0 Å². The van der Waals surface area contributed by atoms with Crippen molar-refractivity contribution in [2.24, 2.45) is 0 Å². The fourth-order valence-electron chi connectivity index (χ4n) is 0.575. The summed E-state index contributed by atoms with van der Waals surface area (Å²) in [6.07, 6.45) is 6.13. The monoisotopic (exact) mass is 147 g/mol. The molecule has 0 amide bonds. The van der Waals surface area contributed by atoms with E-state index in [1.807, 2.05) is 6.08 Å². The van der Waals surface area contributed by atoms with Crippen molar-refractivity contribution >= 4 is 19.7 Å². The summed E-state index contributed by atoms with van der Waals surface area (Å²) in [5.41, 5.74) is 0. The maximum absolute atomic E-state index is 10.2.